The summed E-state index contributed by atoms with van der Waals surface area (Å²) in [7, 11) is 0. The first-order valence-corrected chi connectivity index (χ1v) is 4.91. The van der Waals surface area contributed by atoms with Gasteiger partial charge >= 0.3 is 0 Å². The molecule has 3 atom stereocenters. The summed E-state index contributed by atoms with van der Waals surface area (Å²) in [6.45, 7) is 3.36. The summed E-state index contributed by atoms with van der Waals surface area (Å²) in [5, 5.41) is 27.5. The van der Waals surface area contributed by atoms with Gasteiger partial charge in [-0.05, 0) is 13.0 Å². The molecular weight excluding hydrogens is 170 g/mol. The van der Waals surface area contributed by atoms with Crippen molar-refractivity contribution >= 4 is 0 Å². The fraction of sp³-hybridized carbons (Fsp3) is 1.00. The summed E-state index contributed by atoms with van der Waals surface area (Å²) < 4.78 is 0. The highest BCUT2D eigenvalue weighted by Gasteiger charge is 2.41. The van der Waals surface area contributed by atoms with Gasteiger partial charge in [0.15, 0.2) is 0 Å². The molecule has 0 aromatic carbocycles. The Balaban J connectivity index is 2.32. The van der Waals surface area contributed by atoms with Crippen LogP contribution in [0.5, 0.6) is 0 Å². The minimum atomic E-state index is -0.805. The lowest BCUT2D eigenvalue weighted by Gasteiger charge is -2.47. The van der Waals surface area contributed by atoms with E-state index >= 15 is 0 Å². The Hall–Kier alpha value is -0.160. The van der Waals surface area contributed by atoms with Crippen molar-refractivity contribution < 1.29 is 15.3 Å². The van der Waals surface area contributed by atoms with Crippen molar-refractivity contribution in [2.45, 2.75) is 38.0 Å². The zero-order chi connectivity index (χ0) is 9.84. The van der Waals surface area contributed by atoms with Gasteiger partial charge in [0.2, 0.25) is 0 Å². The Morgan fingerprint density at radius 2 is 2.23 bits per heavy atom. The first-order valence-electron chi connectivity index (χ1n) is 4.91. The SMILES string of the molecule is CCCCN1CC(O)C1C(O)CO. The van der Waals surface area contributed by atoms with Crippen LogP contribution in [0.15, 0.2) is 0 Å². The monoisotopic (exact) mass is 189 g/mol. The molecule has 1 aliphatic rings. The molecule has 0 bridgehead atoms. The van der Waals surface area contributed by atoms with Crippen molar-refractivity contribution in [3.63, 3.8) is 0 Å². The van der Waals surface area contributed by atoms with Gasteiger partial charge in [0.25, 0.3) is 0 Å². The molecule has 1 heterocycles. The highest BCUT2D eigenvalue weighted by molar-refractivity contribution is 4.95. The molecule has 0 aliphatic carbocycles. The lowest BCUT2D eigenvalue weighted by molar-refractivity contribution is -0.124. The molecule has 3 N–H and O–H groups in total. The van der Waals surface area contributed by atoms with Crippen molar-refractivity contribution in [3.8, 4) is 0 Å². The number of aliphatic hydroxyl groups excluding tert-OH is 3. The standard InChI is InChI=1S/C9H19NO3/c1-2-3-4-10-5-7(12)9(10)8(13)6-11/h7-9,11-13H,2-6H2,1H3. The molecule has 1 aliphatic heterocycles. The normalized spacial score (nSPS) is 31.4. The number of hydrogen-bond donors (Lipinski definition) is 3. The van der Waals surface area contributed by atoms with Gasteiger partial charge < -0.3 is 15.3 Å². The third-order valence-electron chi connectivity index (χ3n) is 2.62. The van der Waals surface area contributed by atoms with Gasteiger partial charge in [0.1, 0.15) is 0 Å². The van der Waals surface area contributed by atoms with Crippen LogP contribution in [-0.2, 0) is 0 Å². The maximum absolute atomic E-state index is 9.37. The van der Waals surface area contributed by atoms with Crippen molar-refractivity contribution in [1.29, 1.82) is 0 Å². The van der Waals surface area contributed by atoms with Crippen LogP contribution >= 0.6 is 0 Å². The van der Waals surface area contributed by atoms with E-state index in [9.17, 15) is 10.2 Å². The Morgan fingerprint density at radius 1 is 1.54 bits per heavy atom. The number of hydrogen-bond acceptors (Lipinski definition) is 4. The fourth-order valence-corrected chi connectivity index (χ4v) is 1.78. The third kappa shape index (κ3) is 2.40. The first kappa shape index (κ1) is 10.9. The third-order valence-corrected chi connectivity index (χ3v) is 2.62. The Bertz CT molecular complexity index is 154. The van der Waals surface area contributed by atoms with Crippen molar-refractivity contribution in [2.75, 3.05) is 19.7 Å². The maximum atomic E-state index is 9.37. The van der Waals surface area contributed by atoms with Crippen LogP contribution in [-0.4, -0.2) is 58.2 Å². The smallest absolute Gasteiger partial charge is 0.0951 e. The lowest BCUT2D eigenvalue weighted by Crippen LogP contribution is -2.65. The number of aliphatic hydroxyl groups is 3. The molecular formula is C9H19NO3. The van der Waals surface area contributed by atoms with E-state index in [4.69, 9.17) is 5.11 Å². The molecule has 13 heavy (non-hydrogen) atoms. The summed E-state index contributed by atoms with van der Waals surface area (Å²) in [6.07, 6.45) is 0.898. The molecule has 4 heteroatoms. The van der Waals surface area contributed by atoms with Gasteiger partial charge in [-0.15, -0.1) is 0 Å². The number of unbranched alkanes of at least 4 members (excludes halogenated alkanes) is 1. The van der Waals surface area contributed by atoms with E-state index < -0.39 is 12.2 Å². The molecule has 0 radical (unpaired) electrons. The number of β-amino-alcohol motifs (C(OH)–C–C–N with tert-alkyl or cyclic N) is 1. The largest absolute Gasteiger partial charge is 0.394 e. The summed E-state index contributed by atoms with van der Waals surface area (Å²) in [5.74, 6) is 0. The minimum Gasteiger partial charge on any atom is -0.394 e. The molecule has 78 valence electrons. The van der Waals surface area contributed by atoms with Gasteiger partial charge in [0, 0.05) is 6.54 Å². The second kappa shape index (κ2) is 4.91. The summed E-state index contributed by atoms with van der Waals surface area (Å²) in [6, 6.07) is -0.253. The number of nitrogens with zero attached hydrogens (tertiary/aromatic N) is 1. The Morgan fingerprint density at radius 3 is 2.69 bits per heavy atom. The van der Waals surface area contributed by atoms with Crippen molar-refractivity contribution in [1.82, 2.24) is 4.90 Å². The molecule has 0 spiro atoms. The van der Waals surface area contributed by atoms with E-state index in [2.05, 4.69) is 6.92 Å². The topological polar surface area (TPSA) is 63.9 Å². The lowest BCUT2D eigenvalue weighted by atomic mass is 9.93. The van der Waals surface area contributed by atoms with Crippen molar-refractivity contribution in [3.05, 3.63) is 0 Å². The van der Waals surface area contributed by atoms with Crippen LogP contribution in [0.25, 0.3) is 0 Å². The zero-order valence-corrected chi connectivity index (χ0v) is 8.06. The number of likely N-dealkylation sites (tertiary alicyclic amines) is 1. The van der Waals surface area contributed by atoms with Gasteiger partial charge in [-0.25, -0.2) is 0 Å². The highest BCUT2D eigenvalue weighted by Crippen LogP contribution is 2.21. The van der Waals surface area contributed by atoms with Crippen LogP contribution in [0.1, 0.15) is 19.8 Å². The molecule has 0 aromatic heterocycles. The Kier molecular flexibility index (Phi) is 4.12. The molecule has 0 amide bonds. The summed E-state index contributed by atoms with van der Waals surface area (Å²) >= 11 is 0. The molecule has 1 rings (SSSR count). The van der Waals surface area contributed by atoms with Gasteiger partial charge in [-0.1, -0.05) is 13.3 Å². The average Bonchev–Trinajstić information content (AvgIpc) is 2.11. The zero-order valence-electron chi connectivity index (χ0n) is 8.06. The molecule has 1 fully saturated rings. The second-order valence-corrected chi connectivity index (χ2v) is 3.66. The van der Waals surface area contributed by atoms with E-state index in [1.807, 2.05) is 4.90 Å². The van der Waals surface area contributed by atoms with Crippen LogP contribution in [0, 0.1) is 0 Å². The molecule has 0 saturated carbocycles. The van der Waals surface area contributed by atoms with Gasteiger partial charge in [-0.3, -0.25) is 4.90 Å². The minimum absolute atomic E-state index is 0.253. The predicted octanol–water partition coefficient (Wildman–Crippen LogP) is -0.815. The maximum Gasteiger partial charge on any atom is 0.0951 e. The summed E-state index contributed by atoms with van der Waals surface area (Å²) in [4.78, 5) is 2.02. The van der Waals surface area contributed by atoms with E-state index in [1.54, 1.807) is 0 Å². The molecule has 1 saturated heterocycles. The van der Waals surface area contributed by atoms with E-state index in [1.165, 1.54) is 0 Å². The van der Waals surface area contributed by atoms with Gasteiger partial charge in [-0.2, -0.15) is 0 Å². The first-order chi connectivity index (χ1) is 6.20. The predicted molar refractivity (Wildman–Crippen MR) is 49.4 cm³/mol. The van der Waals surface area contributed by atoms with Crippen molar-refractivity contribution in [2.24, 2.45) is 0 Å². The van der Waals surface area contributed by atoms with E-state index in [-0.39, 0.29) is 12.6 Å². The molecule has 4 nitrogen and oxygen atoms in total. The van der Waals surface area contributed by atoms with Gasteiger partial charge in [0.05, 0.1) is 24.9 Å². The van der Waals surface area contributed by atoms with E-state index in [0.29, 0.717) is 6.54 Å². The summed E-state index contributed by atoms with van der Waals surface area (Å²) in [5.41, 5.74) is 0. The fourth-order valence-electron chi connectivity index (χ4n) is 1.78. The second-order valence-electron chi connectivity index (χ2n) is 3.66. The Labute approximate surface area is 78.8 Å². The highest BCUT2D eigenvalue weighted by atomic mass is 16.3. The van der Waals surface area contributed by atoms with Crippen LogP contribution in [0.3, 0.4) is 0 Å². The average molecular weight is 189 g/mol. The molecule has 3 unspecified atom stereocenters. The van der Waals surface area contributed by atoms with Crippen LogP contribution < -0.4 is 0 Å². The molecule has 0 aromatic rings. The number of rotatable bonds is 5. The van der Waals surface area contributed by atoms with Crippen LogP contribution in [0.4, 0.5) is 0 Å². The van der Waals surface area contributed by atoms with Crippen LogP contribution in [0.2, 0.25) is 0 Å². The van der Waals surface area contributed by atoms with E-state index in [0.717, 1.165) is 19.4 Å². The quantitative estimate of drug-likeness (QED) is 0.529.